The molecule has 184 valence electrons. The average Bonchev–Trinajstić information content (AvgIpc) is 2.99. The van der Waals surface area contributed by atoms with E-state index in [2.05, 4.69) is 15.3 Å². The number of benzodiazepines with no additional fused rings is 1. The minimum atomic E-state index is -1.50. The van der Waals surface area contributed by atoms with Crippen molar-refractivity contribution in [2.45, 2.75) is 33.0 Å². The van der Waals surface area contributed by atoms with Gasteiger partial charge in [-0.05, 0) is 23.8 Å². The van der Waals surface area contributed by atoms with Crippen LogP contribution >= 0.6 is 0 Å². The minimum Gasteiger partial charge on any atom is -0.378 e. The number of fused-ring (bicyclic) bond motifs is 1. The predicted molar refractivity (Wildman–Crippen MR) is 136 cm³/mol. The Balaban J connectivity index is 1.79. The Morgan fingerprint density at radius 3 is 2.33 bits per heavy atom. The third-order valence-corrected chi connectivity index (χ3v) is 5.90. The number of carbonyl (C=O) groups excluding carboxylic acids is 3. The number of hydrogen-bond donors (Lipinski definition) is 2. The molecule has 0 bridgehead atoms. The van der Waals surface area contributed by atoms with E-state index in [1.807, 2.05) is 6.07 Å². The van der Waals surface area contributed by atoms with E-state index in [1.165, 1.54) is 4.90 Å². The molecule has 1 aliphatic rings. The monoisotopic (exact) mass is 484 g/mol. The smallest absolute Gasteiger partial charge is 0.272 e. The quantitative estimate of drug-likeness (QED) is 0.559. The molecule has 0 spiro atoms. The van der Waals surface area contributed by atoms with Crippen molar-refractivity contribution >= 4 is 29.0 Å². The maximum absolute atomic E-state index is 13.8. The third-order valence-electron chi connectivity index (χ3n) is 5.90. The van der Waals surface area contributed by atoms with Gasteiger partial charge in [-0.15, -0.1) is 0 Å². The van der Waals surface area contributed by atoms with Crippen molar-refractivity contribution in [1.82, 2.24) is 10.3 Å². The van der Waals surface area contributed by atoms with Gasteiger partial charge in [0, 0.05) is 17.2 Å². The first kappa shape index (κ1) is 24.9. The van der Waals surface area contributed by atoms with Crippen LogP contribution in [0.2, 0.25) is 0 Å². The van der Waals surface area contributed by atoms with Crippen LogP contribution in [0, 0.1) is 5.41 Å². The molecule has 2 atom stereocenters. The lowest BCUT2D eigenvalue weighted by Crippen LogP contribution is -2.50. The number of nitrogens with one attached hydrogen (secondary N) is 1. The minimum absolute atomic E-state index is 0.152. The number of aliphatic imine (C=N–C) groups is 1. The first-order valence-electron chi connectivity index (χ1n) is 11.6. The van der Waals surface area contributed by atoms with Crippen molar-refractivity contribution in [1.29, 1.82) is 0 Å². The van der Waals surface area contributed by atoms with E-state index in [1.54, 1.807) is 93.7 Å². The second-order valence-corrected chi connectivity index (χ2v) is 9.53. The molecule has 1 aliphatic heterocycles. The Hall–Kier alpha value is -4.17. The van der Waals surface area contributed by atoms with Crippen LogP contribution in [0.25, 0.3) is 0 Å². The maximum Gasteiger partial charge on any atom is 0.272 e. The van der Waals surface area contributed by atoms with Crippen LogP contribution in [0.5, 0.6) is 0 Å². The number of hydrogen-bond acceptors (Lipinski definition) is 6. The molecule has 0 aliphatic carbocycles. The molecule has 2 N–H and O–H groups in total. The molecule has 8 nitrogen and oxygen atoms in total. The van der Waals surface area contributed by atoms with E-state index in [-0.39, 0.29) is 12.3 Å². The number of ketones is 1. The number of aromatic nitrogens is 1. The summed E-state index contributed by atoms with van der Waals surface area (Å²) in [6.45, 7) is 5.16. The number of pyridine rings is 1. The van der Waals surface area contributed by atoms with Gasteiger partial charge in [0.05, 0.1) is 23.6 Å². The molecule has 2 aromatic carbocycles. The summed E-state index contributed by atoms with van der Waals surface area (Å²) >= 11 is 0. The standard InChI is InChI=1S/C28H28N4O4/c1-28(2,3)22(33)17-32-21-15-8-7-13-19(21)23(20-14-9-10-16-29-20)30-25(27(32)36)31-26(35)24(34)18-11-5-4-6-12-18/h4-16,24-25,34H,17H2,1-3H3,(H,31,35)/t24-,25?/m1/s1. The number of carbonyl (C=O) groups is 3. The molecule has 36 heavy (non-hydrogen) atoms. The molecule has 1 aromatic heterocycles. The Bertz CT molecular complexity index is 1300. The molecule has 0 fully saturated rings. The fourth-order valence-corrected chi connectivity index (χ4v) is 3.77. The van der Waals surface area contributed by atoms with Gasteiger partial charge < -0.3 is 15.3 Å². The predicted octanol–water partition coefficient (Wildman–Crippen LogP) is 3.06. The van der Waals surface area contributed by atoms with Crippen LogP contribution in [0.15, 0.2) is 84.0 Å². The number of aliphatic hydroxyl groups excluding tert-OH is 1. The van der Waals surface area contributed by atoms with Gasteiger partial charge in [0.25, 0.3) is 11.8 Å². The van der Waals surface area contributed by atoms with Crippen molar-refractivity contribution in [3.05, 3.63) is 95.8 Å². The molecule has 1 unspecified atom stereocenters. The number of anilines is 1. The van der Waals surface area contributed by atoms with Crippen molar-refractivity contribution in [3.63, 3.8) is 0 Å². The van der Waals surface area contributed by atoms with Gasteiger partial charge in [-0.1, -0.05) is 75.4 Å². The summed E-state index contributed by atoms with van der Waals surface area (Å²) < 4.78 is 0. The number of aliphatic hydroxyl groups is 1. The highest BCUT2D eigenvalue weighted by atomic mass is 16.3. The summed E-state index contributed by atoms with van der Waals surface area (Å²) in [5.74, 6) is -1.52. The van der Waals surface area contributed by atoms with Crippen LogP contribution in [-0.2, 0) is 14.4 Å². The Kier molecular flexibility index (Phi) is 7.07. The summed E-state index contributed by atoms with van der Waals surface area (Å²) in [4.78, 5) is 50.1. The van der Waals surface area contributed by atoms with Crippen LogP contribution < -0.4 is 10.2 Å². The molecule has 3 aromatic rings. The van der Waals surface area contributed by atoms with Crippen LogP contribution in [0.1, 0.15) is 43.7 Å². The van der Waals surface area contributed by atoms with Crippen LogP contribution in [-0.4, -0.2) is 46.1 Å². The van der Waals surface area contributed by atoms with Gasteiger partial charge in [-0.2, -0.15) is 0 Å². The fourth-order valence-electron chi connectivity index (χ4n) is 3.77. The van der Waals surface area contributed by atoms with E-state index < -0.39 is 29.5 Å². The summed E-state index contributed by atoms with van der Waals surface area (Å²) in [5, 5.41) is 13.2. The van der Waals surface area contributed by atoms with E-state index in [0.29, 0.717) is 28.2 Å². The Morgan fingerprint density at radius 2 is 1.67 bits per heavy atom. The van der Waals surface area contributed by atoms with Gasteiger partial charge in [-0.25, -0.2) is 4.99 Å². The topological polar surface area (TPSA) is 112 Å². The fraction of sp³-hybridized carbons (Fsp3) is 0.250. The molecule has 0 saturated heterocycles. The highest BCUT2D eigenvalue weighted by molar-refractivity contribution is 6.20. The third kappa shape index (κ3) is 5.23. The average molecular weight is 485 g/mol. The molecule has 2 heterocycles. The van der Waals surface area contributed by atoms with E-state index >= 15 is 0 Å². The highest BCUT2D eigenvalue weighted by Gasteiger charge is 2.36. The lowest BCUT2D eigenvalue weighted by atomic mass is 9.90. The lowest BCUT2D eigenvalue weighted by Gasteiger charge is -2.28. The second kappa shape index (κ2) is 10.2. The summed E-state index contributed by atoms with van der Waals surface area (Å²) in [5.41, 5.74) is 1.69. The van der Waals surface area contributed by atoms with E-state index in [4.69, 9.17) is 0 Å². The highest BCUT2D eigenvalue weighted by Crippen LogP contribution is 2.29. The number of amides is 2. The maximum atomic E-state index is 13.8. The van der Waals surface area contributed by atoms with E-state index in [0.717, 1.165) is 0 Å². The Morgan fingerprint density at radius 1 is 1.00 bits per heavy atom. The largest absolute Gasteiger partial charge is 0.378 e. The van der Waals surface area contributed by atoms with E-state index in [9.17, 15) is 19.5 Å². The molecular weight excluding hydrogens is 456 g/mol. The number of para-hydroxylation sites is 1. The first-order chi connectivity index (χ1) is 17.2. The molecule has 2 amide bonds. The number of benzene rings is 2. The van der Waals surface area contributed by atoms with Crippen LogP contribution in [0.3, 0.4) is 0 Å². The summed E-state index contributed by atoms with van der Waals surface area (Å²) in [6.07, 6.45) is -1.27. The SMILES string of the molecule is CC(C)(C)C(=O)CN1C(=O)C(NC(=O)[C@H](O)c2ccccc2)N=C(c2ccccn2)c2ccccc21. The number of Topliss-reactive ketones (excluding diaryl/α,β-unsaturated/α-hetero) is 1. The molecule has 0 radical (unpaired) electrons. The zero-order valence-corrected chi connectivity index (χ0v) is 20.4. The van der Waals surface area contributed by atoms with Crippen molar-refractivity contribution < 1.29 is 19.5 Å². The zero-order valence-electron chi connectivity index (χ0n) is 20.4. The molecular formula is C28H28N4O4. The van der Waals surface area contributed by atoms with Gasteiger partial charge in [0.2, 0.25) is 6.17 Å². The van der Waals surface area contributed by atoms with Gasteiger partial charge in [0.1, 0.15) is 0 Å². The molecule has 8 heteroatoms. The van der Waals surface area contributed by atoms with Gasteiger partial charge in [-0.3, -0.25) is 19.4 Å². The van der Waals surface area contributed by atoms with Gasteiger partial charge >= 0.3 is 0 Å². The first-order valence-corrected chi connectivity index (χ1v) is 11.6. The summed E-state index contributed by atoms with van der Waals surface area (Å²) in [6, 6.07) is 20.9. The molecule has 4 rings (SSSR count). The lowest BCUT2D eigenvalue weighted by molar-refractivity contribution is -0.133. The van der Waals surface area contributed by atoms with Crippen molar-refractivity contribution in [3.8, 4) is 0 Å². The normalized spacial score (nSPS) is 16.4. The summed E-state index contributed by atoms with van der Waals surface area (Å²) in [7, 11) is 0. The van der Waals surface area contributed by atoms with Crippen molar-refractivity contribution in [2.75, 3.05) is 11.4 Å². The Labute approximate surface area is 209 Å². The molecule has 0 saturated carbocycles. The van der Waals surface area contributed by atoms with Crippen LogP contribution in [0.4, 0.5) is 5.69 Å². The van der Waals surface area contributed by atoms with Crippen molar-refractivity contribution in [2.24, 2.45) is 10.4 Å². The number of rotatable bonds is 6. The zero-order chi connectivity index (χ0) is 25.9. The number of nitrogens with zero attached hydrogens (tertiary/aromatic N) is 3. The second-order valence-electron chi connectivity index (χ2n) is 9.53. The van der Waals surface area contributed by atoms with Gasteiger partial charge in [0.15, 0.2) is 11.9 Å².